The third-order valence-electron chi connectivity index (χ3n) is 3.27. The van der Waals surface area contributed by atoms with Crippen molar-refractivity contribution in [1.82, 2.24) is 0 Å². The van der Waals surface area contributed by atoms with Crippen LogP contribution in [0.4, 0.5) is 0 Å². The molecule has 1 unspecified atom stereocenters. The first kappa shape index (κ1) is 10.9. The van der Waals surface area contributed by atoms with Crippen LogP contribution in [0.2, 0.25) is 0 Å². The highest BCUT2D eigenvalue weighted by molar-refractivity contribution is 5.67. The zero-order valence-electron chi connectivity index (χ0n) is 9.28. The zero-order valence-corrected chi connectivity index (χ0v) is 9.28. The number of rotatable bonds is 3. The molecule has 1 aromatic carbocycles. The Morgan fingerprint density at radius 1 is 1.50 bits per heavy atom. The van der Waals surface area contributed by atoms with Gasteiger partial charge in [0.15, 0.2) is 0 Å². The molecule has 0 aromatic heterocycles. The Kier molecular flexibility index (Phi) is 3.09. The van der Waals surface area contributed by atoms with Gasteiger partial charge in [-0.3, -0.25) is 0 Å². The van der Waals surface area contributed by atoms with Crippen LogP contribution in [0.3, 0.4) is 0 Å². The van der Waals surface area contributed by atoms with Crippen LogP contribution in [0.5, 0.6) is 5.75 Å². The Hall–Kier alpha value is -1.57. The van der Waals surface area contributed by atoms with Gasteiger partial charge in [-0.2, -0.15) is 0 Å². The molecule has 1 N–H and O–H groups in total. The lowest BCUT2D eigenvalue weighted by molar-refractivity contribution is -0.109. The minimum absolute atomic E-state index is 0.0502. The van der Waals surface area contributed by atoms with Crippen molar-refractivity contribution in [1.29, 1.82) is 0 Å². The number of carbonyl (C=O) groups excluding carboxylic acids is 1. The molecule has 0 saturated heterocycles. The average Bonchev–Trinajstić information content (AvgIpc) is 2.32. The number of phenolic OH excluding ortho intramolecular Hbond substituents is 1. The summed E-state index contributed by atoms with van der Waals surface area (Å²) < 4.78 is 0. The van der Waals surface area contributed by atoms with Crippen LogP contribution in [0.15, 0.2) is 24.8 Å². The van der Waals surface area contributed by atoms with E-state index in [0.717, 1.165) is 36.7 Å². The number of aromatic hydroxyl groups is 1. The van der Waals surface area contributed by atoms with Gasteiger partial charge in [0, 0.05) is 11.5 Å². The van der Waals surface area contributed by atoms with Crippen LogP contribution in [0.25, 0.3) is 0 Å². The largest absolute Gasteiger partial charge is 0.508 e. The number of carbonyl (C=O) groups is 1. The second-order valence-electron chi connectivity index (χ2n) is 4.26. The third-order valence-corrected chi connectivity index (χ3v) is 3.27. The van der Waals surface area contributed by atoms with Gasteiger partial charge in [0.2, 0.25) is 0 Å². The molecule has 0 spiro atoms. The van der Waals surface area contributed by atoms with E-state index in [1.165, 1.54) is 5.56 Å². The lowest BCUT2D eigenvalue weighted by Gasteiger charge is -2.24. The topological polar surface area (TPSA) is 37.3 Å². The SMILES string of the molecule is C=CCc1c(O)ccc2c1C(C=O)CCC2. The summed E-state index contributed by atoms with van der Waals surface area (Å²) in [4.78, 5) is 11.1. The minimum atomic E-state index is -0.0502. The van der Waals surface area contributed by atoms with Crippen molar-refractivity contribution in [3.05, 3.63) is 41.5 Å². The van der Waals surface area contributed by atoms with Gasteiger partial charge in [0.25, 0.3) is 0 Å². The summed E-state index contributed by atoms with van der Waals surface area (Å²) in [5.74, 6) is 0.234. The quantitative estimate of drug-likeness (QED) is 0.623. The van der Waals surface area contributed by atoms with Crippen molar-refractivity contribution in [2.75, 3.05) is 0 Å². The highest BCUT2D eigenvalue weighted by Gasteiger charge is 2.23. The number of hydrogen-bond donors (Lipinski definition) is 1. The number of aldehydes is 1. The van der Waals surface area contributed by atoms with E-state index < -0.39 is 0 Å². The molecular formula is C14H16O2. The first-order chi connectivity index (χ1) is 7.77. The van der Waals surface area contributed by atoms with Gasteiger partial charge in [-0.1, -0.05) is 12.1 Å². The highest BCUT2D eigenvalue weighted by Crippen LogP contribution is 2.37. The molecule has 84 valence electrons. The van der Waals surface area contributed by atoms with Crippen LogP contribution in [0, 0.1) is 0 Å². The number of benzene rings is 1. The van der Waals surface area contributed by atoms with E-state index in [-0.39, 0.29) is 11.7 Å². The highest BCUT2D eigenvalue weighted by atomic mass is 16.3. The lowest BCUT2D eigenvalue weighted by atomic mass is 9.80. The summed E-state index contributed by atoms with van der Waals surface area (Å²) >= 11 is 0. The average molecular weight is 216 g/mol. The fourth-order valence-electron chi connectivity index (χ4n) is 2.53. The molecule has 0 saturated carbocycles. The molecule has 2 rings (SSSR count). The predicted octanol–water partition coefficient (Wildman–Crippen LogP) is 2.74. The second-order valence-corrected chi connectivity index (χ2v) is 4.26. The van der Waals surface area contributed by atoms with Crippen molar-refractivity contribution in [2.45, 2.75) is 31.6 Å². The number of fused-ring (bicyclic) bond motifs is 1. The molecule has 16 heavy (non-hydrogen) atoms. The summed E-state index contributed by atoms with van der Waals surface area (Å²) in [7, 11) is 0. The van der Waals surface area contributed by atoms with Crippen LogP contribution >= 0.6 is 0 Å². The van der Waals surface area contributed by atoms with Crippen molar-refractivity contribution in [2.24, 2.45) is 0 Å². The Morgan fingerprint density at radius 3 is 3.00 bits per heavy atom. The summed E-state index contributed by atoms with van der Waals surface area (Å²) in [6.07, 6.45) is 6.35. The normalized spacial score (nSPS) is 18.9. The van der Waals surface area contributed by atoms with Crippen molar-refractivity contribution in [3.8, 4) is 5.75 Å². The number of phenols is 1. The van der Waals surface area contributed by atoms with Gasteiger partial charge in [-0.05, 0) is 42.9 Å². The van der Waals surface area contributed by atoms with Crippen LogP contribution in [-0.4, -0.2) is 11.4 Å². The molecular weight excluding hydrogens is 200 g/mol. The Balaban J connectivity index is 2.57. The monoisotopic (exact) mass is 216 g/mol. The molecule has 0 fully saturated rings. The van der Waals surface area contributed by atoms with E-state index in [0.29, 0.717) is 6.42 Å². The van der Waals surface area contributed by atoms with Crippen molar-refractivity contribution < 1.29 is 9.90 Å². The maximum Gasteiger partial charge on any atom is 0.127 e. The Bertz CT molecular complexity index is 421. The molecule has 0 bridgehead atoms. The van der Waals surface area contributed by atoms with Crippen LogP contribution in [0.1, 0.15) is 35.4 Å². The molecule has 2 heteroatoms. The summed E-state index contributed by atoms with van der Waals surface area (Å²) in [5, 5.41) is 9.85. The third kappa shape index (κ3) is 1.75. The van der Waals surface area contributed by atoms with Gasteiger partial charge in [-0.15, -0.1) is 6.58 Å². The summed E-state index contributed by atoms with van der Waals surface area (Å²) in [5.41, 5.74) is 3.13. The predicted molar refractivity (Wildman–Crippen MR) is 63.8 cm³/mol. The minimum Gasteiger partial charge on any atom is -0.508 e. The van der Waals surface area contributed by atoms with Gasteiger partial charge in [0.1, 0.15) is 12.0 Å². The fraction of sp³-hybridized carbons (Fsp3) is 0.357. The Labute approximate surface area is 95.6 Å². The maximum absolute atomic E-state index is 11.1. The van der Waals surface area contributed by atoms with Gasteiger partial charge >= 0.3 is 0 Å². The molecule has 2 nitrogen and oxygen atoms in total. The summed E-state index contributed by atoms with van der Waals surface area (Å²) in [6.45, 7) is 3.70. The van der Waals surface area contributed by atoms with E-state index in [2.05, 4.69) is 6.58 Å². The van der Waals surface area contributed by atoms with E-state index in [4.69, 9.17) is 0 Å². The molecule has 0 heterocycles. The van der Waals surface area contributed by atoms with Gasteiger partial charge in [0.05, 0.1) is 0 Å². The second kappa shape index (κ2) is 4.52. The van der Waals surface area contributed by atoms with E-state index in [1.54, 1.807) is 12.1 Å². The smallest absolute Gasteiger partial charge is 0.127 e. The first-order valence-corrected chi connectivity index (χ1v) is 5.67. The van der Waals surface area contributed by atoms with E-state index in [1.807, 2.05) is 6.07 Å². The van der Waals surface area contributed by atoms with Crippen LogP contribution in [-0.2, 0) is 17.6 Å². The van der Waals surface area contributed by atoms with E-state index >= 15 is 0 Å². The van der Waals surface area contributed by atoms with Crippen molar-refractivity contribution in [3.63, 3.8) is 0 Å². The molecule has 1 atom stereocenters. The Morgan fingerprint density at radius 2 is 2.31 bits per heavy atom. The first-order valence-electron chi connectivity index (χ1n) is 5.67. The van der Waals surface area contributed by atoms with Crippen molar-refractivity contribution >= 4 is 6.29 Å². The number of hydrogen-bond acceptors (Lipinski definition) is 2. The van der Waals surface area contributed by atoms with Gasteiger partial charge < -0.3 is 9.90 Å². The standard InChI is InChI=1S/C14H16O2/c1-2-4-12-13(16)8-7-10-5-3-6-11(9-15)14(10)12/h2,7-9,11,16H,1,3-6H2. The maximum atomic E-state index is 11.1. The fourth-order valence-corrected chi connectivity index (χ4v) is 2.53. The van der Waals surface area contributed by atoms with E-state index in [9.17, 15) is 9.90 Å². The van der Waals surface area contributed by atoms with Gasteiger partial charge in [-0.25, -0.2) is 0 Å². The molecule has 1 aromatic rings. The number of aryl methyl sites for hydroxylation is 1. The zero-order chi connectivity index (χ0) is 11.5. The molecule has 0 radical (unpaired) electrons. The molecule has 0 amide bonds. The number of allylic oxidation sites excluding steroid dienone is 1. The summed E-state index contributed by atoms with van der Waals surface area (Å²) in [6, 6.07) is 3.66. The molecule has 0 aliphatic heterocycles. The molecule has 1 aliphatic carbocycles. The van der Waals surface area contributed by atoms with Crippen LogP contribution < -0.4 is 0 Å². The lowest BCUT2D eigenvalue weighted by Crippen LogP contribution is -2.13. The molecule has 1 aliphatic rings.